The second kappa shape index (κ2) is 10.2. The number of halogens is 1. The summed E-state index contributed by atoms with van der Waals surface area (Å²) < 4.78 is 14.8. The number of likely N-dealkylation sites (tertiary alicyclic amines) is 1. The zero-order chi connectivity index (χ0) is 19.8. The van der Waals surface area contributed by atoms with Crippen molar-refractivity contribution in [2.24, 2.45) is 4.99 Å². The molecule has 1 aromatic heterocycles. The van der Waals surface area contributed by atoms with E-state index < -0.39 is 0 Å². The molecular weight excluding hydrogens is 355 g/mol. The van der Waals surface area contributed by atoms with Crippen LogP contribution in [0.1, 0.15) is 31.9 Å². The zero-order valence-electron chi connectivity index (χ0n) is 16.9. The highest BCUT2D eigenvalue weighted by Crippen LogP contribution is 2.11. The van der Waals surface area contributed by atoms with Gasteiger partial charge in [0.25, 0.3) is 0 Å². The van der Waals surface area contributed by atoms with Gasteiger partial charge in [0.05, 0.1) is 11.4 Å². The van der Waals surface area contributed by atoms with Crippen LogP contribution < -0.4 is 10.6 Å². The van der Waals surface area contributed by atoms with Gasteiger partial charge in [-0.3, -0.25) is 4.99 Å². The van der Waals surface area contributed by atoms with Crippen LogP contribution in [-0.2, 0) is 6.42 Å². The molecule has 2 aromatic rings. The highest BCUT2D eigenvalue weighted by molar-refractivity contribution is 5.79. The molecule has 0 spiro atoms. The van der Waals surface area contributed by atoms with Crippen molar-refractivity contribution in [3.05, 3.63) is 48.0 Å². The summed E-state index contributed by atoms with van der Waals surface area (Å²) in [4.78, 5) is 6.88. The first-order valence-electron chi connectivity index (χ1n) is 10.2. The summed E-state index contributed by atoms with van der Waals surface area (Å²) in [6, 6.07) is 8.81. The number of hydrogen-bond acceptors (Lipinski definition) is 3. The molecular formula is C21H31FN6. The number of aliphatic imine (C=N–C) groups is 1. The number of aromatic nitrogens is 2. The maximum Gasteiger partial charge on any atom is 0.191 e. The van der Waals surface area contributed by atoms with Crippen LogP contribution in [0.3, 0.4) is 0 Å². The molecule has 0 aliphatic carbocycles. The minimum absolute atomic E-state index is 0.241. The van der Waals surface area contributed by atoms with Gasteiger partial charge >= 0.3 is 0 Å². The van der Waals surface area contributed by atoms with E-state index in [1.54, 1.807) is 16.8 Å². The van der Waals surface area contributed by atoms with Crippen molar-refractivity contribution in [2.45, 2.75) is 38.6 Å². The Hall–Kier alpha value is -2.41. The zero-order valence-corrected chi connectivity index (χ0v) is 16.9. The van der Waals surface area contributed by atoms with Crippen LogP contribution in [0.15, 0.2) is 41.5 Å². The van der Waals surface area contributed by atoms with Gasteiger partial charge in [-0.05, 0) is 56.1 Å². The van der Waals surface area contributed by atoms with E-state index in [1.165, 1.54) is 25.1 Å². The number of nitrogens with one attached hydrogen (secondary N) is 2. The molecule has 152 valence electrons. The third-order valence-corrected chi connectivity index (χ3v) is 5.10. The van der Waals surface area contributed by atoms with E-state index in [4.69, 9.17) is 0 Å². The van der Waals surface area contributed by atoms with E-state index in [0.717, 1.165) is 56.2 Å². The highest BCUT2D eigenvalue weighted by atomic mass is 19.1. The fourth-order valence-electron chi connectivity index (χ4n) is 3.55. The monoisotopic (exact) mass is 386 g/mol. The molecule has 0 atom stereocenters. The summed E-state index contributed by atoms with van der Waals surface area (Å²) in [6.07, 6.45) is 6.23. The Balaban J connectivity index is 1.42. The molecule has 7 heteroatoms. The Morgan fingerprint density at radius 3 is 2.64 bits per heavy atom. The quantitative estimate of drug-likeness (QED) is 0.567. The first kappa shape index (κ1) is 20.3. The van der Waals surface area contributed by atoms with Crippen molar-refractivity contribution in [2.75, 3.05) is 33.2 Å². The molecule has 1 aliphatic heterocycles. The SMILES string of the molecule is CCCN1CCC(NC(=NC)NCCc2ccn(-c3ccc(F)cc3)n2)CC1. The van der Waals surface area contributed by atoms with Crippen LogP contribution in [0.5, 0.6) is 0 Å². The van der Waals surface area contributed by atoms with Crippen molar-refractivity contribution >= 4 is 5.96 Å². The smallest absolute Gasteiger partial charge is 0.191 e. The summed E-state index contributed by atoms with van der Waals surface area (Å²) in [5.74, 6) is 0.613. The number of nitrogens with zero attached hydrogens (tertiary/aromatic N) is 4. The lowest BCUT2D eigenvalue weighted by molar-refractivity contribution is 0.206. The van der Waals surface area contributed by atoms with Crippen LogP contribution in [0.4, 0.5) is 4.39 Å². The van der Waals surface area contributed by atoms with Gasteiger partial charge in [0.2, 0.25) is 0 Å². The molecule has 28 heavy (non-hydrogen) atoms. The van der Waals surface area contributed by atoms with E-state index >= 15 is 0 Å². The van der Waals surface area contributed by atoms with Gasteiger partial charge in [0.1, 0.15) is 5.82 Å². The Morgan fingerprint density at radius 1 is 1.21 bits per heavy atom. The van der Waals surface area contributed by atoms with Crippen LogP contribution in [0, 0.1) is 5.82 Å². The minimum atomic E-state index is -0.241. The topological polar surface area (TPSA) is 57.5 Å². The molecule has 0 bridgehead atoms. The van der Waals surface area contributed by atoms with Crippen molar-refractivity contribution in [1.29, 1.82) is 0 Å². The Labute approximate surface area is 166 Å². The van der Waals surface area contributed by atoms with Gasteiger partial charge in [0, 0.05) is 45.3 Å². The highest BCUT2D eigenvalue weighted by Gasteiger charge is 2.19. The molecule has 0 amide bonds. The van der Waals surface area contributed by atoms with Gasteiger partial charge in [-0.2, -0.15) is 5.10 Å². The van der Waals surface area contributed by atoms with Crippen molar-refractivity contribution in [1.82, 2.24) is 25.3 Å². The van der Waals surface area contributed by atoms with Crippen LogP contribution >= 0.6 is 0 Å². The first-order valence-corrected chi connectivity index (χ1v) is 10.2. The lowest BCUT2D eigenvalue weighted by Gasteiger charge is -2.32. The fraction of sp³-hybridized carbons (Fsp3) is 0.524. The molecule has 1 saturated heterocycles. The number of piperidine rings is 1. The lowest BCUT2D eigenvalue weighted by atomic mass is 10.1. The Morgan fingerprint density at radius 2 is 1.96 bits per heavy atom. The Bertz CT molecular complexity index is 747. The minimum Gasteiger partial charge on any atom is -0.356 e. The van der Waals surface area contributed by atoms with Gasteiger partial charge in [0.15, 0.2) is 5.96 Å². The summed E-state index contributed by atoms with van der Waals surface area (Å²) >= 11 is 0. The van der Waals surface area contributed by atoms with E-state index in [9.17, 15) is 4.39 Å². The van der Waals surface area contributed by atoms with Crippen LogP contribution in [-0.4, -0.2) is 59.9 Å². The third kappa shape index (κ3) is 5.79. The molecule has 2 heterocycles. The molecule has 1 fully saturated rings. The predicted molar refractivity (Wildman–Crippen MR) is 111 cm³/mol. The number of benzene rings is 1. The molecule has 3 rings (SSSR count). The predicted octanol–water partition coefficient (Wildman–Crippen LogP) is 2.59. The fourth-order valence-corrected chi connectivity index (χ4v) is 3.55. The largest absolute Gasteiger partial charge is 0.356 e. The molecule has 6 nitrogen and oxygen atoms in total. The maximum absolute atomic E-state index is 13.0. The molecule has 0 saturated carbocycles. The second-order valence-electron chi connectivity index (χ2n) is 7.24. The average molecular weight is 387 g/mol. The molecule has 1 aromatic carbocycles. The van der Waals surface area contributed by atoms with Gasteiger partial charge in [-0.25, -0.2) is 9.07 Å². The van der Waals surface area contributed by atoms with Crippen LogP contribution in [0.2, 0.25) is 0 Å². The molecule has 1 aliphatic rings. The van der Waals surface area contributed by atoms with E-state index in [0.29, 0.717) is 6.04 Å². The van der Waals surface area contributed by atoms with Crippen molar-refractivity contribution in [3.63, 3.8) is 0 Å². The second-order valence-corrected chi connectivity index (χ2v) is 7.24. The maximum atomic E-state index is 13.0. The number of guanidine groups is 1. The Kier molecular flexibility index (Phi) is 7.42. The first-order chi connectivity index (χ1) is 13.7. The average Bonchev–Trinajstić information content (AvgIpc) is 3.18. The van der Waals surface area contributed by atoms with Crippen molar-refractivity contribution < 1.29 is 4.39 Å². The van der Waals surface area contributed by atoms with Gasteiger partial charge in [-0.15, -0.1) is 0 Å². The summed E-state index contributed by atoms with van der Waals surface area (Å²) in [5.41, 5.74) is 1.84. The summed E-state index contributed by atoms with van der Waals surface area (Å²) in [7, 11) is 1.81. The lowest BCUT2D eigenvalue weighted by Crippen LogP contribution is -2.49. The van der Waals surface area contributed by atoms with E-state index in [-0.39, 0.29) is 5.82 Å². The van der Waals surface area contributed by atoms with E-state index in [2.05, 4.69) is 32.5 Å². The summed E-state index contributed by atoms with van der Waals surface area (Å²) in [5, 5.41) is 11.5. The van der Waals surface area contributed by atoms with Crippen molar-refractivity contribution in [3.8, 4) is 5.69 Å². The molecule has 0 radical (unpaired) electrons. The summed E-state index contributed by atoms with van der Waals surface area (Å²) in [6.45, 7) is 6.50. The number of rotatable bonds is 7. The van der Waals surface area contributed by atoms with Crippen LogP contribution in [0.25, 0.3) is 5.69 Å². The third-order valence-electron chi connectivity index (χ3n) is 5.10. The van der Waals surface area contributed by atoms with Gasteiger partial charge < -0.3 is 15.5 Å². The van der Waals surface area contributed by atoms with Gasteiger partial charge in [-0.1, -0.05) is 6.92 Å². The number of hydrogen-bond donors (Lipinski definition) is 2. The molecule has 0 unspecified atom stereocenters. The standard InChI is InChI=1S/C21H31FN6/c1-3-13-27-14-9-18(10-15-27)25-21(23-2)24-12-8-19-11-16-28(26-19)20-6-4-17(22)5-7-20/h4-7,11,16,18H,3,8-10,12-15H2,1-2H3,(H2,23,24,25). The molecule has 2 N–H and O–H groups in total. The van der Waals surface area contributed by atoms with E-state index in [1.807, 2.05) is 19.3 Å². The normalized spacial score (nSPS) is 16.3.